The quantitative estimate of drug-likeness (QED) is 0.311. The van der Waals surface area contributed by atoms with Gasteiger partial charge in [-0.2, -0.15) is 4.98 Å². The fourth-order valence-corrected chi connectivity index (χ4v) is 5.71. The van der Waals surface area contributed by atoms with Gasteiger partial charge in [0.05, 0.1) is 17.0 Å². The van der Waals surface area contributed by atoms with Crippen molar-refractivity contribution in [3.63, 3.8) is 0 Å². The van der Waals surface area contributed by atoms with E-state index in [9.17, 15) is 19.3 Å². The Morgan fingerprint density at radius 2 is 2.22 bits per heavy atom. The molecule has 1 amide bonds. The number of aromatic nitrogens is 2. The van der Waals surface area contributed by atoms with E-state index in [4.69, 9.17) is 17.3 Å². The fourth-order valence-electron chi connectivity index (χ4n) is 5.58. The lowest BCUT2D eigenvalue weighted by Crippen LogP contribution is -2.53. The lowest BCUT2D eigenvalue weighted by molar-refractivity contribution is -0.384. The van der Waals surface area contributed by atoms with Crippen molar-refractivity contribution in [2.75, 3.05) is 5.32 Å². The molecule has 2 aromatic rings. The van der Waals surface area contributed by atoms with Gasteiger partial charge in [0, 0.05) is 30.8 Å². The van der Waals surface area contributed by atoms with E-state index < -0.39 is 28.6 Å². The van der Waals surface area contributed by atoms with Crippen LogP contribution in [0.25, 0.3) is 0 Å². The van der Waals surface area contributed by atoms with Crippen molar-refractivity contribution in [3.05, 3.63) is 57.2 Å². The van der Waals surface area contributed by atoms with E-state index in [2.05, 4.69) is 20.6 Å². The number of primary amides is 1. The Hall–Kier alpha value is -2.85. The maximum absolute atomic E-state index is 14.3. The van der Waals surface area contributed by atoms with Gasteiger partial charge >= 0.3 is 0 Å². The number of anilines is 1. The number of benzene rings is 1. The summed E-state index contributed by atoms with van der Waals surface area (Å²) in [5.74, 6) is -1.64. The molecular formula is C21H24ClFN6O3. The molecule has 170 valence electrons. The molecule has 0 saturated heterocycles. The summed E-state index contributed by atoms with van der Waals surface area (Å²) in [6.45, 7) is 2.46. The second kappa shape index (κ2) is 8.59. The number of nitro benzene ring substituents is 1. The molecule has 5 atom stereocenters. The van der Waals surface area contributed by atoms with Crippen LogP contribution in [0.15, 0.2) is 30.5 Å². The maximum Gasteiger partial charge on any atom is 0.269 e. The Bertz CT molecular complexity index is 1060. The fraction of sp³-hybridized carbons (Fsp3) is 0.476. The van der Waals surface area contributed by atoms with E-state index in [1.165, 1.54) is 12.1 Å². The van der Waals surface area contributed by atoms with Gasteiger partial charge < -0.3 is 16.4 Å². The second-order valence-electron chi connectivity index (χ2n) is 8.59. The summed E-state index contributed by atoms with van der Waals surface area (Å²) in [6.07, 6.45) is 3.22. The summed E-state index contributed by atoms with van der Waals surface area (Å²) < 4.78 is 14.3. The molecule has 0 aliphatic heterocycles. The highest BCUT2D eigenvalue weighted by Gasteiger charge is 2.62. The first-order valence-electron chi connectivity index (χ1n) is 10.4. The number of amides is 1. The molecule has 0 spiro atoms. The molecule has 1 aromatic carbocycles. The van der Waals surface area contributed by atoms with Crippen LogP contribution in [0, 0.1) is 33.2 Å². The Balaban J connectivity index is 1.57. The average Bonchev–Trinajstić information content (AvgIpc) is 3.29. The van der Waals surface area contributed by atoms with Crippen molar-refractivity contribution >= 4 is 29.0 Å². The number of nitrogens with one attached hydrogen (secondary N) is 2. The van der Waals surface area contributed by atoms with Crippen molar-refractivity contribution in [1.29, 1.82) is 0 Å². The first kappa shape index (κ1) is 22.3. The molecule has 32 heavy (non-hydrogen) atoms. The van der Waals surface area contributed by atoms with E-state index >= 15 is 0 Å². The van der Waals surface area contributed by atoms with Crippen LogP contribution in [0.5, 0.6) is 0 Å². The number of nitro groups is 1. The molecule has 2 saturated carbocycles. The summed E-state index contributed by atoms with van der Waals surface area (Å²) in [6, 6.07) is 6.05. The summed E-state index contributed by atoms with van der Waals surface area (Å²) in [7, 11) is 0. The highest BCUT2D eigenvalue weighted by atomic mass is 35.5. The molecular weight excluding hydrogens is 439 g/mol. The van der Waals surface area contributed by atoms with Crippen LogP contribution >= 0.6 is 11.6 Å². The van der Waals surface area contributed by atoms with Gasteiger partial charge in [0.1, 0.15) is 0 Å². The van der Waals surface area contributed by atoms with Crippen LogP contribution in [0.2, 0.25) is 5.28 Å². The third-order valence-electron chi connectivity index (χ3n) is 6.98. The molecule has 4 rings (SSSR count). The van der Waals surface area contributed by atoms with Gasteiger partial charge in [0.15, 0.2) is 11.6 Å². The van der Waals surface area contributed by atoms with Crippen LogP contribution in [-0.2, 0) is 11.3 Å². The SMILES string of the molecule is CC[C@]12CC(NCc3cccc([N+](=O)[O-])c3)[C@@H](C1)[C@@H](Nc1nc(Cl)ncc1F)[C@H]2C(N)=O. The number of fused-ring (bicyclic) bond motifs is 2. The number of carbonyl (C=O) groups excluding carboxylic acids is 1. The Morgan fingerprint density at radius 1 is 1.44 bits per heavy atom. The van der Waals surface area contributed by atoms with Crippen molar-refractivity contribution in [2.24, 2.45) is 23.0 Å². The number of hydrogen-bond donors (Lipinski definition) is 3. The van der Waals surface area contributed by atoms with Gasteiger partial charge in [-0.15, -0.1) is 0 Å². The predicted molar refractivity (Wildman–Crippen MR) is 116 cm³/mol. The maximum atomic E-state index is 14.3. The summed E-state index contributed by atoms with van der Waals surface area (Å²) >= 11 is 5.84. The lowest BCUT2D eigenvalue weighted by Gasteiger charge is -2.41. The highest BCUT2D eigenvalue weighted by Crippen LogP contribution is 2.60. The number of rotatable bonds is 8. The summed E-state index contributed by atoms with van der Waals surface area (Å²) in [5, 5.41) is 17.5. The molecule has 9 nitrogen and oxygen atoms in total. The highest BCUT2D eigenvalue weighted by molar-refractivity contribution is 6.28. The molecule has 1 unspecified atom stereocenters. The molecule has 2 aliphatic rings. The van der Waals surface area contributed by atoms with Gasteiger partial charge in [0.25, 0.3) is 5.69 Å². The van der Waals surface area contributed by atoms with Crippen molar-refractivity contribution in [3.8, 4) is 0 Å². The average molecular weight is 463 g/mol. The van der Waals surface area contributed by atoms with E-state index in [0.29, 0.717) is 6.54 Å². The molecule has 2 bridgehead atoms. The van der Waals surface area contributed by atoms with Gasteiger partial charge in [-0.05, 0) is 47.8 Å². The largest absolute Gasteiger partial charge is 0.369 e. The molecule has 2 fully saturated rings. The number of carbonyl (C=O) groups is 1. The standard InChI is InChI=1S/C21H24ClFN6O3/c1-2-21-7-13(15(8-21)25-9-11-4-3-5-12(6-11)29(31)32)17(16(21)18(24)30)27-19-14(23)10-26-20(22)28-19/h3-6,10,13,15-17,25H,2,7-9H2,1H3,(H2,24,30)(H,26,27,28)/t13-,15?,16+,17-,21-/m1/s1. The minimum absolute atomic E-state index is 0.0145. The number of non-ortho nitro benzene ring substituents is 1. The molecule has 2 aliphatic carbocycles. The zero-order valence-electron chi connectivity index (χ0n) is 17.4. The van der Waals surface area contributed by atoms with E-state index in [1.54, 1.807) is 6.07 Å². The number of halogens is 2. The minimum atomic E-state index is -0.660. The number of nitrogens with zero attached hydrogens (tertiary/aromatic N) is 3. The number of hydrogen-bond acceptors (Lipinski definition) is 7. The molecule has 1 aromatic heterocycles. The van der Waals surface area contributed by atoms with Crippen molar-refractivity contribution in [1.82, 2.24) is 15.3 Å². The summed E-state index contributed by atoms with van der Waals surface area (Å²) in [5.41, 5.74) is 6.30. The van der Waals surface area contributed by atoms with Crippen molar-refractivity contribution < 1.29 is 14.1 Å². The zero-order valence-corrected chi connectivity index (χ0v) is 18.2. The Kier molecular flexibility index (Phi) is 6.00. The van der Waals surface area contributed by atoms with Crippen LogP contribution in [-0.4, -0.2) is 32.9 Å². The van der Waals surface area contributed by atoms with Crippen molar-refractivity contribution in [2.45, 2.75) is 44.8 Å². The first-order chi connectivity index (χ1) is 15.2. The molecule has 0 radical (unpaired) electrons. The molecule has 11 heteroatoms. The predicted octanol–water partition coefficient (Wildman–Crippen LogP) is 3.04. The van der Waals surface area contributed by atoms with Gasteiger partial charge in [-0.3, -0.25) is 14.9 Å². The van der Waals surface area contributed by atoms with Crippen LogP contribution in [0.1, 0.15) is 31.7 Å². The smallest absolute Gasteiger partial charge is 0.269 e. The molecule has 1 heterocycles. The van der Waals surface area contributed by atoms with Crippen LogP contribution < -0.4 is 16.4 Å². The topological polar surface area (TPSA) is 136 Å². The molecule has 4 N–H and O–H groups in total. The Morgan fingerprint density at radius 3 is 2.91 bits per heavy atom. The third-order valence-corrected chi connectivity index (χ3v) is 7.17. The number of nitrogens with two attached hydrogens (primary N) is 1. The van der Waals surface area contributed by atoms with E-state index in [-0.39, 0.29) is 34.2 Å². The first-order valence-corrected chi connectivity index (χ1v) is 10.8. The second-order valence-corrected chi connectivity index (χ2v) is 8.93. The van der Waals surface area contributed by atoms with E-state index in [0.717, 1.165) is 31.0 Å². The Labute approximate surface area is 189 Å². The lowest BCUT2D eigenvalue weighted by atomic mass is 9.69. The minimum Gasteiger partial charge on any atom is -0.369 e. The van der Waals surface area contributed by atoms with Gasteiger partial charge in [-0.25, -0.2) is 9.37 Å². The summed E-state index contributed by atoms with van der Waals surface area (Å²) in [4.78, 5) is 30.6. The third kappa shape index (κ3) is 4.00. The van der Waals surface area contributed by atoms with E-state index in [1.807, 2.05) is 13.0 Å². The van der Waals surface area contributed by atoms with Crippen LogP contribution in [0.3, 0.4) is 0 Å². The normalized spacial score (nSPS) is 28.6. The van der Waals surface area contributed by atoms with Gasteiger partial charge in [-0.1, -0.05) is 19.1 Å². The monoisotopic (exact) mass is 462 g/mol. The van der Waals surface area contributed by atoms with Crippen LogP contribution in [0.4, 0.5) is 15.9 Å². The zero-order chi connectivity index (χ0) is 23.0. The van der Waals surface area contributed by atoms with Gasteiger partial charge in [0.2, 0.25) is 11.2 Å².